The van der Waals surface area contributed by atoms with Crippen LogP contribution in [0.5, 0.6) is 0 Å². The average molecular weight is 272 g/mol. The molecule has 2 unspecified atom stereocenters. The minimum atomic E-state index is -0.784. The van der Waals surface area contributed by atoms with Gasteiger partial charge in [0.25, 0.3) is 5.91 Å². The number of halogens is 1. The standard InChI is InChI=1S/C12H14ClNO4/c13-10-5-4-9(18-10)11(15)14-6-7-2-1-3-8(7)12(16)17/h4-5,7-8H,1-3,6H2,(H,14,15)(H,16,17). The van der Waals surface area contributed by atoms with Gasteiger partial charge in [0.2, 0.25) is 0 Å². The van der Waals surface area contributed by atoms with Crippen molar-refractivity contribution in [3.05, 3.63) is 23.1 Å². The van der Waals surface area contributed by atoms with Crippen molar-refractivity contribution in [2.24, 2.45) is 11.8 Å². The van der Waals surface area contributed by atoms with E-state index >= 15 is 0 Å². The van der Waals surface area contributed by atoms with Gasteiger partial charge in [-0.25, -0.2) is 0 Å². The monoisotopic (exact) mass is 271 g/mol. The third-order valence-electron chi connectivity index (χ3n) is 3.30. The molecule has 6 heteroatoms. The number of nitrogens with one attached hydrogen (secondary N) is 1. The Morgan fingerprint density at radius 1 is 1.44 bits per heavy atom. The molecule has 1 heterocycles. The maximum Gasteiger partial charge on any atom is 0.306 e. The van der Waals surface area contributed by atoms with Crippen molar-refractivity contribution in [3.8, 4) is 0 Å². The Hall–Kier alpha value is -1.49. The summed E-state index contributed by atoms with van der Waals surface area (Å²) in [6, 6.07) is 2.98. The fourth-order valence-corrected chi connectivity index (χ4v) is 2.50. The van der Waals surface area contributed by atoms with Crippen molar-refractivity contribution in [2.45, 2.75) is 19.3 Å². The summed E-state index contributed by atoms with van der Waals surface area (Å²) in [5.41, 5.74) is 0. The molecule has 1 aromatic heterocycles. The summed E-state index contributed by atoms with van der Waals surface area (Å²) in [6.45, 7) is 0.355. The van der Waals surface area contributed by atoms with Crippen molar-refractivity contribution < 1.29 is 19.1 Å². The van der Waals surface area contributed by atoms with Gasteiger partial charge < -0.3 is 14.8 Å². The Morgan fingerprint density at radius 2 is 2.22 bits per heavy atom. The molecule has 0 bridgehead atoms. The number of hydrogen-bond donors (Lipinski definition) is 2. The second kappa shape index (κ2) is 5.44. The Kier molecular flexibility index (Phi) is 3.91. The van der Waals surface area contributed by atoms with Gasteiger partial charge in [-0.2, -0.15) is 0 Å². The summed E-state index contributed by atoms with van der Waals surface area (Å²) < 4.78 is 4.97. The molecular weight excluding hydrogens is 258 g/mol. The number of amides is 1. The maximum absolute atomic E-state index is 11.7. The highest BCUT2D eigenvalue weighted by Crippen LogP contribution is 2.31. The van der Waals surface area contributed by atoms with Crippen LogP contribution in [-0.4, -0.2) is 23.5 Å². The minimum Gasteiger partial charge on any atom is -0.481 e. The molecule has 0 aromatic carbocycles. The highest BCUT2D eigenvalue weighted by atomic mass is 35.5. The van der Waals surface area contributed by atoms with E-state index in [1.807, 2.05) is 0 Å². The molecule has 98 valence electrons. The van der Waals surface area contributed by atoms with Crippen LogP contribution < -0.4 is 5.32 Å². The molecule has 1 saturated carbocycles. The van der Waals surface area contributed by atoms with Gasteiger partial charge in [-0.1, -0.05) is 6.42 Å². The van der Waals surface area contributed by atoms with E-state index in [-0.39, 0.29) is 28.7 Å². The fraction of sp³-hybridized carbons (Fsp3) is 0.500. The number of aliphatic carboxylic acids is 1. The number of furan rings is 1. The van der Waals surface area contributed by atoms with E-state index in [4.69, 9.17) is 21.1 Å². The summed E-state index contributed by atoms with van der Waals surface area (Å²) >= 11 is 5.57. The topological polar surface area (TPSA) is 79.5 Å². The van der Waals surface area contributed by atoms with Gasteiger partial charge in [0.15, 0.2) is 11.0 Å². The van der Waals surface area contributed by atoms with E-state index in [1.165, 1.54) is 12.1 Å². The maximum atomic E-state index is 11.7. The Balaban J connectivity index is 1.88. The summed E-state index contributed by atoms with van der Waals surface area (Å²) in [6.07, 6.45) is 2.41. The average Bonchev–Trinajstić information content (AvgIpc) is 2.94. The third kappa shape index (κ3) is 2.85. The van der Waals surface area contributed by atoms with Crippen molar-refractivity contribution in [3.63, 3.8) is 0 Å². The smallest absolute Gasteiger partial charge is 0.306 e. The van der Waals surface area contributed by atoms with Crippen LogP contribution in [0.4, 0.5) is 0 Å². The van der Waals surface area contributed by atoms with Gasteiger partial charge in [0.05, 0.1) is 5.92 Å². The molecule has 0 spiro atoms. The summed E-state index contributed by atoms with van der Waals surface area (Å²) in [7, 11) is 0. The molecule has 1 aliphatic carbocycles. The van der Waals surface area contributed by atoms with Crippen LogP contribution in [0.1, 0.15) is 29.8 Å². The molecule has 1 aromatic rings. The molecule has 1 amide bonds. The number of hydrogen-bond acceptors (Lipinski definition) is 3. The van der Waals surface area contributed by atoms with E-state index < -0.39 is 5.97 Å². The molecule has 2 atom stereocenters. The Labute approximate surface area is 109 Å². The molecule has 0 radical (unpaired) electrons. The van der Waals surface area contributed by atoms with E-state index in [0.717, 1.165) is 12.8 Å². The third-order valence-corrected chi connectivity index (χ3v) is 3.50. The molecule has 2 rings (SSSR count). The quantitative estimate of drug-likeness (QED) is 0.879. The molecule has 5 nitrogen and oxygen atoms in total. The zero-order valence-corrected chi connectivity index (χ0v) is 10.4. The first-order valence-corrected chi connectivity index (χ1v) is 6.22. The van der Waals surface area contributed by atoms with Crippen LogP contribution in [0.2, 0.25) is 5.22 Å². The number of carbonyl (C=O) groups is 2. The predicted octanol–water partition coefficient (Wildman–Crippen LogP) is 2.16. The Morgan fingerprint density at radius 3 is 2.83 bits per heavy atom. The molecule has 0 aliphatic heterocycles. The molecule has 1 aliphatic rings. The number of rotatable bonds is 4. The predicted molar refractivity (Wildman–Crippen MR) is 64.5 cm³/mol. The zero-order chi connectivity index (χ0) is 13.1. The lowest BCUT2D eigenvalue weighted by Crippen LogP contribution is -2.32. The van der Waals surface area contributed by atoms with Gasteiger partial charge >= 0.3 is 5.97 Å². The lowest BCUT2D eigenvalue weighted by Gasteiger charge is -2.15. The highest BCUT2D eigenvalue weighted by molar-refractivity contribution is 6.29. The number of carboxylic acid groups (broad SMARTS) is 1. The lowest BCUT2D eigenvalue weighted by atomic mass is 9.96. The number of carbonyl (C=O) groups excluding carboxylic acids is 1. The SMILES string of the molecule is O=C(NCC1CCCC1C(=O)O)c1ccc(Cl)o1. The van der Waals surface area contributed by atoms with Crippen LogP contribution in [-0.2, 0) is 4.79 Å². The Bertz CT molecular complexity index is 457. The fourth-order valence-electron chi connectivity index (χ4n) is 2.35. The van der Waals surface area contributed by atoms with Crippen molar-refractivity contribution in [1.82, 2.24) is 5.32 Å². The highest BCUT2D eigenvalue weighted by Gasteiger charge is 2.33. The van der Waals surface area contributed by atoms with Gasteiger partial charge in [-0.3, -0.25) is 9.59 Å². The molecule has 0 saturated heterocycles. The van der Waals surface area contributed by atoms with Gasteiger partial charge in [0, 0.05) is 6.54 Å². The van der Waals surface area contributed by atoms with Crippen LogP contribution in [0.3, 0.4) is 0 Å². The van der Waals surface area contributed by atoms with Crippen LogP contribution in [0.25, 0.3) is 0 Å². The second-order valence-corrected chi connectivity index (χ2v) is 4.82. The van der Waals surface area contributed by atoms with E-state index in [2.05, 4.69) is 5.32 Å². The summed E-state index contributed by atoms with van der Waals surface area (Å²) in [4.78, 5) is 22.7. The second-order valence-electron chi connectivity index (χ2n) is 4.45. The van der Waals surface area contributed by atoms with Crippen molar-refractivity contribution in [1.29, 1.82) is 0 Å². The van der Waals surface area contributed by atoms with E-state index in [0.29, 0.717) is 13.0 Å². The summed E-state index contributed by atoms with van der Waals surface area (Å²) in [5.74, 6) is -1.36. The van der Waals surface area contributed by atoms with Crippen LogP contribution in [0.15, 0.2) is 16.5 Å². The first kappa shape index (κ1) is 13.0. The van der Waals surface area contributed by atoms with Gasteiger partial charge in [-0.05, 0) is 42.5 Å². The van der Waals surface area contributed by atoms with Gasteiger partial charge in [-0.15, -0.1) is 0 Å². The first-order chi connectivity index (χ1) is 8.58. The van der Waals surface area contributed by atoms with Crippen LogP contribution in [0, 0.1) is 11.8 Å². The van der Waals surface area contributed by atoms with Crippen molar-refractivity contribution in [2.75, 3.05) is 6.54 Å². The van der Waals surface area contributed by atoms with Crippen molar-refractivity contribution >= 4 is 23.5 Å². The molecule has 2 N–H and O–H groups in total. The molecule has 1 fully saturated rings. The largest absolute Gasteiger partial charge is 0.481 e. The van der Waals surface area contributed by atoms with Crippen LogP contribution >= 0.6 is 11.6 Å². The first-order valence-electron chi connectivity index (χ1n) is 5.84. The van der Waals surface area contributed by atoms with E-state index in [9.17, 15) is 9.59 Å². The number of carboxylic acids is 1. The van der Waals surface area contributed by atoms with Gasteiger partial charge in [0.1, 0.15) is 0 Å². The zero-order valence-electron chi connectivity index (χ0n) is 9.69. The molecule has 18 heavy (non-hydrogen) atoms. The normalized spacial score (nSPS) is 22.9. The van der Waals surface area contributed by atoms with E-state index in [1.54, 1.807) is 0 Å². The summed E-state index contributed by atoms with van der Waals surface area (Å²) in [5, 5.41) is 11.9. The molecular formula is C12H14ClNO4. The minimum absolute atomic E-state index is 0.00289. The lowest BCUT2D eigenvalue weighted by molar-refractivity contribution is -0.142.